The van der Waals surface area contributed by atoms with Crippen molar-refractivity contribution in [2.24, 2.45) is 9.98 Å². The molecule has 0 N–H and O–H groups in total. The van der Waals surface area contributed by atoms with Gasteiger partial charge in [-0.15, -0.1) is 0 Å². The summed E-state index contributed by atoms with van der Waals surface area (Å²) in [6.45, 7) is 9.06. The minimum absolute atomic E-state index is 0.0561. The smallest absolute Gasteiger partial charge is 0.253 e. The van der Waals surface area contributed by atoms with Gasteiger partial charge in [0.05, 0.1) is 31.6 Å². The van der Waals surface area contributed by atoms with Crippen LogP contribution >= 0.6 is 0 Å². The zero-order chi connectivity index (χ0) is 23.8. The molecule has 0 spiro atoms. The Bertz CT molecular complexity index is 1020. The number of amides is 1. The fraction of sp³-hybridized carbons (Fsp3) is 0.440. The molecule has 0 aliphatic carbocycles. The van der Waals surface area contributed by atoms with E-state index in [0.29, 0.717) is 43.7 Å². The van der Waals surface area contributed by atoms with Gasteiger partial charge in [-0.3, -0.25) is 4.79 Å². The van der Waals surface area contributed by atoms with Crippen LogP contribution in [-0.2, 0) is 9.47 Å². The Morgan fingerprint density at radius 1 is 1.27 bits per heavy atom. The van der Waals surface area contributed by atoms with Crippen molar-refractivity contribution < 1.29 is 14.3 Å². The molecule has 2 heterocycles. The first-order valence-corrected chi connectivity index (χ1v) is 11.2. The first-order chi connectivity index (χ1) is 15.9. The summed E-state index contributed by atoms with van der Waals surface area (Å²) in [5, 5.41) is 0. The molecule has 0 bridgehead atoms. The van der Waals surface area contributed by atoms with Crippen molar-refractivity contribution in [2.45, 2.75) is 26.8 Å². The Morgan fingerprint density at radius 3 is 2.79 bits per heavy atom. The number of benzene rings is 1. The van der Waals surface area contributed by atoms with Crippen molar-refractivity contribution in [3.8, 4) is 11.3 Å². The van der Waals surface area contributed by atoms with Crippen LogP contribution in [0.4, 0.5) is 5.82 Å². The van der Waals surface area contributed by atoms with Gasteiger partial charge >= 0.3 is 0 Å². The second kappa shape index (κ2) is 11.7. The number of aromatic nitrogens is 1. The minimum atomic E-state index is -0.0561. The highest BCUT2D eigenvalue weighted by molar-refractivity contribution is 5.96. The zero-order valence-electron chi connectivity index (χ0n) is 20.1. The summed E-state index contributed by atoms with van der Waals surface area (Å²) < 4.78 is 10.6. The van der Waals surface area contributed by atoms with Crippen LogP contribution in [0.25, 0.3) is 11.3 Å². The molecule has 1 aliphatic heterocycles. The summed E-state index contributed by atoms with van der Waals surface area (Å²) in [4.78, 5) is 30.7. The van der Waals surface area contributed by atoms with Crippen molar-refractivity contribution >= 4 is 23.4 Å². The Kier molecular flexibility index (Phi) is 8.68. The largest absolute Gasteiger partial charge is 0.383 e. The van der Waals surface area contributed by atoms with Crippen molar-refractivity contribution in [1.82, 2.24) is 14.8 Å². The highest BCUT2D eigenvalue weighted by atomic mass is 16.5. The normalized spacial score (nSPS) is 16.5. The van der Waals surface area contributed by atoms with Crippen molar-refractivity contribution in [2.75, 3.05) is 47.1 Å². The average Bonchev–Trinajstić information content (AvgIpc) is 2.82. The lowest BCUT2D eigenvalue weighted by atomic mass is 10.1. The maximum Gasteiger partial charge on any atom is 0.253 e. The molecule has 33 heavy (non-hydrogen) atoms. The number of guanidine groups is 1. The van der Waals surface area contributed by atoms with Gasteiger partial charge in [0, 0.05) is 44.1 Å². The molecule has 2 aromatic rings. The van der Waals surface area contributed by atoms with Crippen LogP contribution in [0.5, 0.6) is 0 Å². The van der Waals surface area contributed by atoms with Gasteiger partial charge in [0.25, 0.3) is 5.91 Å². The second-order valence-corrected chi connectivity index (χ2v) is 8.27. The third kappa shape index (κ3) is 6.69. The van der Waals surface area contributed by atoms with E-state index in [1.807, 2.05) is 56.3 Å². The number of ether oxygens (including phenoxy) is 2. The van der Waals surface area contributed by atoms with E-state index in [1.54, 1.807) is 19.1 Å². The Labute approximate surface area is 196 Å². The summed E-state index contributed by atoms with van der Waals surface area (Å²) in [6, 6.07) is 13.4. The van der Waals surface area contributed by atoms with Crippen LogP contribution in [0.3, 0.4) is 0 Å². The summed E-state index contributed by atoms with van der Waals surface area (Å²) in [5.74, 6) is 1.15. The molecular weight excluding hydrogens is 418 g/mol. The van der Waals surface area contributed by atoms with Gasteiger partial charge in [-0.1, -0.05) is 18.2 Å². The van der Waals surface area contributed by atoms with Crippen molar-refractivity contribution in [3.63, 3.8) is 0 Å². The summed E-state index contributed by atoms with van der Waals surface area (Å²) >= 11 is 0. The van der Waals surface area contributed by atoms with E-state index in [2.05, 4.69) is 16.8 Å². The fourth-order valence-electron chi connectivity index (χ4n) is 3.49. The number of rotatable bonds is 6. The predicted octanol–water partition coefficient (Wildman–Crippen LogP) is 3.66. The molecular formula is C25H33N5O3. The Morgan fingerprint density at radius 2 is 2.06 bits per heavy atom. The van der Waals surface area contributed by atoms with E-state index in [-0.39, 0.29) is 11.9 Å². The molecule has 0 radical (unpaired) electrons. The highest BCUT2D eigenvalue weighted by Gasteiger charge is 2.22. The Hall–Kier alpha value is -3.10. The molecule has 1 saturated heterocycles. The maximum atomic E-state index is 12.8. The summed E-state index contributed by atoms with van der Waals surface area (Å²) in [7, 11) is 3.39. The average molecular weight is 452 g/mol. The number of carbonyl (C=O) groups is 1. The van der Waals surface area contributed by atoms with Crippen LogP contribution in [-0.4, -0.2) is 85.5 Å². The standard InChI is InChI=1S/C25H33N5O3/c1-18(2)26-25(30-13-15-33-17-19(30)3)28-23-11-7-10-22(27-23)20-8-6-9-21(16-20)24(31)29(4)12-14-32-5/h6-11,16,19H,12-15,17H2,1-5H3/t19-/m0/s1. The number of aliphatic imine (C=N–C) groups is 2. The van der Waals surface area contributed by atoms with E-state index in [4.69, 9.17) is 19.5 Å². The van der Waals surface area contributed by atoms with Gasteiger partial charge in [-0.2, -0.15) is 4.99 Å². The highest BCUT2D eigenvalue weighted by Crippen LogP contribution is 2.23. The van der Waals surface area contributed by atoms with Crippen LogP contribution in [0.1, 0.15) is 31.1 Å². The van der Waals surface area contributed by atoms with E-state index < -0.39 is 0 Å². The van der Waals surface area contributed by atoms with Gasteiger partial charge in [-0.25, -0.2) is 9.98 Å². The molecule has 1 aromatic carbocycles. The monoisotopic (exact) mass is 451 g/mol. The zero-order valence-corrected chi connectivity index (χ0v) is 20.1. The lowest BCUT2D eigenvalue weighted by molar-refractivity contribution is 0.0327. The minimum Gasteiger partial charge on any atom is -0.383 e. The lowest BCUT2D eigenvalue weighted by Crippen LogP contribution is -2.46. The number of hydrogen-bond acceptors (Lipinski definition) is 5. The van der Waals surface area contributed by atoms with Crippen LogP contribution < -0.4 is 0 Å². The number of hydrogen-bond donors (Lipinski definition) is 0. The van der Waals surface area contributed by atoms with E-state index in [9.17, 15) is 4.79 Å². The molecule has 0 unspecified atom stereocenters. The van der Waals surface area contributed by atoms with Gasteiger partial charge < -0.3 is 19.3 Å². The molecule has 1 atom stereocenters. The molecule has 3 rings (SSSR count). The van der Waals surface area contributed by atoms with E-state index >= 15 is 0 Å². The fourth-order valence-corrected chi connectivity index (χ4v) is 3.49. The van der Waals surface area contributed by atoms with Gasteiger partial charge in [-0.05, 0) is 45.0 Å². The summed E-state index contributed by atoms with van der Waals surface area (Å²) in [5.41, 5.74) is 3.13. The second-order valence-electron chi connectivity index (χ2n) is 8.27. The first-order valence-electron chi connectivity index (χ1n) is 11.2. The van der Waals surface area contributed by atoms with Crippen molar-refractivity contribution in [1.29, 1.82) is 0 Å². The molecule has 8 nitrogen and oxygen atoms in total. The van der Waals surface area contributed by atoms with Gasteiger partial charge in [0.2, 0.25) is 5.96 Å². The topological polar surface area (TPSA) is 79.6 Å². The number of carbonyl (C=O) groups excluding carboxylic acids is 1. The lowest BCUT2D eigenvalue weighted by Gasteiger charge is -2.34. The van der Waals surface area contributed by atoms with Gasteiger partial charge in [0.15, 0.2) is 5.82 Å². The molecule has 1 fully saturated rings. The number of nitrogens with zero attached hydrogens (tertiary/aromatic N) is 5. The molecule has 176 valence electrons. The van der Waals surface area contributed by atoms with E-state index in [1.165, 1.54) is 0 Å². The molecule has 8 heteroatoms. The third-order valence-electron chi connectivity index (χ3n) is 5.28. The summed E-state index contributed by atoms with van der Waals surface area (Å²) in [6.07, 6.45) is 0. The number of likely N-dealkylation sites (N-methyl/N-ethyl adjacent to an activating group) is 1. The molecule has 1 aliphatic rings. The first kappa shape index (κ1) is 24.5. The maximum absolute atomic E-state index is 12.8. The number of pyridine rings is 1. The SMILES string of the molecule is COCCN(C)C(=O)c1cccc(-c2cccc(N=C(N=C(C)C)N3CCOC[C@@H]3C)n2)c1. The quantitative estimate of drug-likeness (QED) is 0.495. The molecule has 0 saturated carbocycles. The third-order valence-corrected chi connectivity index (χ3v) is 5.28. The molecule has 1 aromatic heterocycles. The molecule has 1 amide bonds. The van der Waals surface area contributed by atoms with Crippen LogP contribution in [0, 0.1) is 0 Å². The number of morpholine rings is 1. The van der Waals surface area contributed by atoms with Crippen LogP contribution in [0.15, 0.2) is 52.4 Å². The number of methoxy groups -OCH3 is 1. The predicted molar refractivity (Wildman–Crippen MR) is 131 cm³/mol. The Balaban J connectivity index is 1.90. The van der Waals surface area contributed by atoms with Crippen molar-refractivity contribution in [3.05, 3.63) is 48.0 Å². The van der Waals surface area contributed by atoms with Gasteiger partial charge in [0.1, 0.15) is 0 Å². The van der Waals surface area contributed by atoms with Crippen LogP contribution in [0.2, 0.25) is 0 Å². The van der Waals surface area contributed by atoms with E-state index in [0.717, 1.165) is 23.5 Å².